The van der Waals surface area contributed by atoms with Gasteiger partial charge in [0.1, 0.15) is 11.4 Å². The predicted octanol–water partition coefficient (Wildman–Crippen LogP) is 7.78. The first-order valence-electron chi connectivity index (χ1n) is 18.1. The van der Waals surface area contributed by atoms with Crippen LogP contribution in [0.25, 0.3) is 22.5 Å². The Morgan fingerprint density at radius 1 is 0.542 bits per heavy atom. The molecule has 48 heavy (non-hydrogen) atoms. The second kappa shape index (κ2) is 12.4. The highest BCUT2D eigenvalue weighted by atomic mass is 15.5. The SMILES string of the molecule is C[C@@H](c1ccccc1)N1C[C@H](n2cc(-c3ccc(-c4cn([C@H]5CN([C@@H](C)c6ccccc6)[C@H]6CC[C@@H]5C6)nn4)cc3)nn2)[C@@H]2CC[C@H]1C2. The molecule has 0 amide bonds. The van der Waals surface area contributed by atoms with Crippen molar-refractivity contribution < 1.29 is 0 Å². The van der Waals surface area contributed by atoms with Crippen LogP contribution in [0.1, 0.15) is 87.7 Å². The van der Waals surface area contributed by atoms with E-state index in [2.05, 4.69) is 141 Å². The van der Waals surface area contributed by atoms with Crippen LogP contribution < -0.4 is 0 Å². The fourth-order valence-electron chi connectivity index (χ4n) is 9.66. The number of nitrogens with zero attached hydrogens (tertiary/aromatic N) is 8. The van der Waals surface area contributed by atoms with Gasteiger partial charge in [-0.2, -0.15) is 0 Å². The van der Waals surface area contributed by atoms with Crippen molar-refractivity contribution in [3.63, 3.8) is 0 Å². The van der Waals surface area contributed by atoms with Crippen molar-refractivity contribution in [2.75, 3.05) is 13.1 Å². The quantitative estimate of drug-likeness (QED) is 0.173. The van der Waals surface area contributed by atoms with Crippen LogP contribution in [0.3, 0.4) is 0 Å². The van der Waals surface area contributed by atoms with E-state index in [-0.39, 0.29) is 0 Å². The summed E-state index contributed by atoms with van der Waals surface area (Å²) in [6, 6.07) is 33.4. The third kappa shape index (κ3) is 5.39. The van der Waals surface area contributed by atoms with Gasteiger partial charge in [0.05, 0.1) is 24.5 Å². The Balaban J connectivity index is 0.896. The molecule has 4 bridgehead atoms. The molecule has 5 aromatic rings. The zero-order valence-electron chi connectivity index (χ0n) is 28.1. The maximum Gasteiger partial charge on any atom is 0.113 e. The third-order valence-corrected chi connectivity index (χ3v) is 12.4. The molecule has 4 aliphatic rings. The van der Waals surface area contributed by atoms with E-state index < -0.39 is 0 Å². The summed E-state index contributed by atoms with van der Waals surface area (Å²) in [5.41, 5.74) is 6.82. The van der Waals surface area contributed by atoms with Gasteiger partial charge in [-0.15, -0.1) is 10.2 Å². The molecule has 0 unspecified atom stereocenters. The highest BCUT2D eigenvalue weighted by molar-refractivity contribution is 5.65. The molecule has 8 nitrogen and oxygen atoms in total. The molecular formula is C40H46N8. The molecule has 3 aromatic carbocycles. The summed E-state index contributed by atoms with van der Waals surface area (Å²) in [4.78, 5) is 5.43. The normalized spacial score (nSPS) is 28.5. The van der Waals surface area contributed by atoms with Gasteiger partial charge in [-0.05, 0) is 75.3 Å². The van der Waals surface area contributed by atoms with E-state index in [1.165, 1.54) is 49.7 Å². The molecule has 8 heteroatoms. The first-order chi connectivity index (χ1) is 23.6. The molecule has 0 N–H and O–H groups in total. The van der Waals surface area contributed by atoms with Crippen LogP contribution in [-0.4, -0.2) is 65.0 Å². The Hall–Kier alpha value is -4.14. The number of rotatable bonds is 8. The Bertz CT molecular complexity index is 1700. The van der Waals surface area contributed by atoms with Crippen LogP contribution in [0.2, 0.25) is 0 Å². The van der Waals surface area contributed by atoms with E-state index >= 15 is 0 Å². The highest BCUT2D eigenvalue weighted by Crippen LogP contribution is 2.46. The number of likely N-dealkylation sites (tertiary alicyclic amines) is 2. The number of aromatic nitrogens is 6. The molecule has 2 saturated carbocycles. The summed E-state index contributed by atoms with van der Waals surface area (Å²) >= 11 is 0. The largest absolute Gasteiger partial charge is 0.292 e. The fourth-order valence-corrected chi connectivity index (χ4v) is 9.66. The molecule has 0 radical (unpaired) electrons. The van der Waals surface area contributed by atoms with Crippen molar-refractivity contribution >= 4 is 0 Å². The summed E-state index contributed by atoms with van der Waals surface area (Å²) in [5.74, 6) is 1.34. The minimum atomic E-state index is 0.354. The minimum Gasteiger partial charge on any atom is -0.292 e. The summed E-state index contributed by atoms with van der Waals surface area (Å²) in [6.07, 6.45) is 11.9. The van der Waals surface area contributed by atoms with E-state index in [0.29, 0.717) is 48.1 Å². The summed E-state index contributed by atoms with van der Waals surface area (Å²) in [5, 5.41) is 18.7. The number of hydrogen-bond donors (Lipinski definition) is 0. The number of piperidine rings is 2. The monoisotopic (exact) mass is 638 g/mol. The van der Waals surface area contributed by atoms with Crippen molar-refractivity contribution in [3.8, 4) is 22.5 Å². The molecule has 2 aliphatic heterocycles. The minimum absolute atomic E-state index is 0.354. The van der Waals surface area contributed by atoms with Crippen LogP contribution in [0.5, 0.6) is 0 Å². The lowest BCUT2D eigenvalue weighted by Crippen LogP contribution is -2.45. The number of benzene rings is 3. The summed E-state index contributed by atoms with van der Waals surface area (Å²) in [7, 11) is 0. The first-order valence-corrected chi connectivity index (χ1v) is 18.1. The molecule has 2 aromatic heterocycles. The maximum absolute atomic E-state index is 4.70. The lowest BCUT2D eigenvalue weighted by molar-refractivity contribution is 0.0688. The fraction of sp³-hybridized carbons (Fsp3) is 0.450. The third-order valence-electron chi connectivity index (χ3n) is 12.4. The van der Waals surface area contributed by atoms with Gasteiger partial charge in [0, 0.05) is 48.4 Å². The van der Waals surface area contributed by atoms with Crippen LogP contribution in [0, 0.1) is 11.8 Å². The van der Waals surface area contributed by atoms with E-state index in [4.69, 9.17) is 10.4 Å². The van der Waals surface area contributed by atoms with E-state index in [1.54, 1.807) is 0 Å². The zero-order chi connectivity index (χ0) is 32.2. The standard InChI is InChI=1S/C40H46N8/c1-27(29-9-5-3-6-10-29)45-25-39(33-17-19-35(45)21-33)47-23-37(41-43-47)31-13-15-32(16-14-31)38-24-48(44-42-38)40-26-46(36-20-18-34(40)22-36)28(2)30-11-7-4-8-12-30/h3-16,23-24,27-28,33-36,39-40H,17-22,25-26H2,1-2H3/t27-,28-,33+,34+,35-,36-,39-,40-/m0/s1. The van der Waals surface area contributed by atoms with Crippen LogP contribution in [-0.2, 0) is 0 Å². The number of hydrogen-bond acceptors (Lipinski definition) is 6. The molecule has 0 spiro atoms. The van der Waals surface area contributed by atoms with Crippen molar-refractivity contribution in [1.82, 2.24) is 39.8 Å². The van der Waals surface area contributed by atoms with Gasteiger partial charge in [0.15, 0.2) is 0 Å². The Morgan fingerprint density at radius 2 is 0.958 bits per heavy atom. The van der Waals surface area contributed by atoms with Gasteiger partial charge in [-0.1, -0.05) is 95.4 Å². The van der Waals surface area contributed by atoms with Crippen LogP contribution >= 0.6 is 0 Å². The summed E-state index contributed by atoms with van der Waals surface area (Å²) < 4.78 is 4.32. The van der Waals surface area contributed by atoms with Crippen molar-refractivity contribution in [3.05, 3.63) is 108 Å². The van der Waals surface area contributed by atoms with Gasteiger partial charge < -0.3 is 0 Å². The molecule has 9 rings (SSSR count). The molecule has 4 heterocycles. The van der Waals surface area contributed by atoms with E-state index in [1.807, 2.05) is 0 Å². The Kier molecular flexibility index (Phi) is 7.73. The molecule has 2 saturated heterocycles. The molecule has 4 fully saturated rings. The van der Waals surface area contributed by atoms with Crippen LogP contribution in [0.15, 0.2) is 97.3 Å². The predicted molar refractivity (Wildman–Crippen MR) is 188 cm³/mol. The van der Waals surface area contributed by atoms with Gasteiger partial charge in [0.2, 0.25) is 0 Å². The molecule has 8 atom stereocenters. The smallest absolute Gasteiger partial charge is 0.113 e. The van der Waals surface area contributed by atoms with Crippen molar-refractivity contribution in [1.29, 1.82) is 0 Å². The Labute approximate surface area is 283 Å². The lowest BCUT2D eigenvalue weighted by atomic mass is 9.91. The van der Waals surface area contributed by atoms with Gasteiger partial charge in [-0.25, -0.2) is 9.36 Å². The second-order valence-electron chi connectivity index (χ2n) is 14.9. The second-order valence-corrected chi connectivity index (χ2v) is 14.9. The van der Waals surface area contributed by atoms with Crippen molar-refractivity contribution in [2.24, 2.45) is 11.8 Å². The number of fused-ring (bicyclic) bond motifs is 4. The van der Waals surface area contributed by atoms with E-state index in [9.17, 15) is 0 Å². The summed E-state index contributed by atoms with van der Waals surface area (Å²) in [6.45, 7) is 6.76. The maximum atomic E-state index is 4.70. The lowest BCUT2D eigenvalue weighted by Gasteiger charge is -2.42. The van der Waals surface area contributed by atoms with Crippen molar-refractivity contribution in [2.45, 2.75) is 88.6 Å². The first kappa shape index (κ1) is 30.0. The molecular weight excluding hydrogens is 592 g/mol. The van der Waals surface area contributed by atoms with E-state index in [0.717, 1.165) is 35.6 Å². The zero-order valence-corrected chi connectivity index (χ0v) is 28.1. The average molecular weight is 639 g/mol. The van der Waals surface area contributed by atoms with Crippen LogP contribution in [0.4, 0.5) is 0 Å². The van der Waals surface area contributed by atoms with Gasteiger partial charge >= 0.3 is 0 Å². The van der Waals surface area contributed by atoms with Gasteiger partial charge in [-0.3, -0.25) is 9.80 Å². The topological polar surface area (TPSA) is 67.9 Å². The molecule has 246 valence electrons. The highest BCUT2D eigenvalue weighted by Gasteiger charge is 2.44. The Morgan fingerprint density at radius 3 is 1.38 bits per heavy atom. The molecule has 2 aliphatic carbocycles. The van der Waals surface area contributed by atoms with Gasteiger partial charge in [0.25, 0.3) is 0 Å². The average Bonchev–Trinajstić information content (AvgIpc) is 3.97.